The van der Waals surface area contributed by atoms with Gasteiger partial charge in [0.1, 0.15) is 16.9 Å². The first-order valence-corrected chi connectivity index (χ1v) is 16.1. The predicted molar refractivity (Wildman–Crippen MR) is 195 cm³/mol. The van der Waals surface area contributed by atoms with Crippen molar-refractivity contribution < 1.29 is 8.83 Å². The Labute approximate surface area is 270 Å². The standard InChI is InChI=1S/C42H25BN2O2/c1-2-13-26(14-3-1)44-33-19-8-6-17-31(33)43-32-18-7-9-20-34(32)45(36-22-12-21-35(44)39(36)43)40-41-29(27-15-4-10-23-37(27)46-41)25-30-28-16-5-11-24-38(28)47-42(30)40/h1-25H. The maximum Gasteiger partial charge on any atom is 0.252 e. The molecule has 4 nitrogen and oxygen atoms in total. The molecular formula is C42H25BN2O2. The second-order valence-electron chi connectivity index (χ2n) is 12.4. The molecule has 0 N–H and O–H groups in total. The summed E-state index contributed by atoms with van der Waals surface area (Å²) in [6, 6.07) is 54.0. The molecule has 0 spiro atoms. The minimum Gasteiger partial charge on any atom is -0.454 e. The van der Waals surface area contributed by atoms with Gasteiger partial charge < -0.3 is 18.6 Å². The Kier molecular flexibility index (Phi) is 4.89. The van der Waals surface area contributed by atoms with Gasteiger partial charge in [0, 0.05) is 50.0 Å². The Morgan fingerprint density at radius 3 is 1.53 bits per heavy atom. The van der Waals surface area contributed by atoms with Crippen LogP contribution in [0.1, 0.15) is 0 Å². The maximum absolute atomic E-state index is 6.80. The molecule has 0 radical (unpaired) electrons. The van der Waals surface area contributed by atoms with Gasteiger partial charge in [0.2, 0.25) is 0 Å². The van der Waals surface area contributed by atoms with Crippen molar-refractivity contribution in [2.75, 3.05) is 9.80 Å². The van der Waals surface area contributed by atoms with Gasteiger partial charge in [0.15, 0.2) is 11.2 Å². The first kappa shape index (κ1) is 25.0. The molecule has 0 unspecified atom stereocenters. The molecule has 0 bridgehead atoms. The van der Waals surface area contributed by atoms with Crippen molar-refractivity contribution in [3.63, 3.8) is 0 Å². The third-order valence-corrected chi connectivity index (χ3v) is 10.0. The van der Waals surface area contributed by atoms with E-state index in [4.69, 9.17) is 8.83 Å². The summed E-state index contributed by atoms with van der Waals surface area (Å²) in [5, 5.41) is 4.35. The van der Waals surface area contributed by atoms with Crippen LogP contribution in [0.3, 0.4) is 0 Å². The van der Waals surface area contributed by atoms with Crippen molar-refractivity contribution in [3.05, 3.63) is 152 Å². The van der Waals surface area contributed by atoms with E-state index in [1.165, 1.54) is 27.8 Å². The Morgan fingerprint density at radius 1 is 0.404 bits per heavy atom. The maximum atomic E-state index is 6.80. The number of hydrogen-bond donors (Lipinski definition) is 0. The fourth-order valence-electron chi connectivity index (χ4n) is 8.15. The molecule has 5 heteroatoms. The van der Waals surface area contributed by atoms with Crippen LogP contribution >= 0.6 is 0 Å². The van der Waals surface area contributed by atoms with Crippen LogP contribution in [0, 0.1) is 0 Å². The highest BCUT2D eigenvalue weighted by molar-refractivity contribution is 7.00. The van der Waals surface area contributed by atoms with E-state index in [9.17, 15) is 0 Å². The normalized spacial score (nSPS) is 13.4. The summed E-state index contributed by atoms with van der Waals surface area (Å²) in [4.78, 5) is 4.81. The molecule has 47 heavy (non-hydrogen) atoms. The Bertz CT molecular complexity index is 2640. The molecular weight excluding hydrogens is 575 g/mol. The fourth-order valence-corrected chi connectivity index (χ4v) is 8.15. The van der Waals surface area contributed by atoms with Gasteiger partial charge in [0.25, 0.3) is 6.71 Å². The molecule has 2 aromatic heterocycles. The zero-order chi connectivity index (χ0) is 30.6. The van der Waals surface area contributed by atoms with Crippen molar-refractivity contribution in [1.82, 2.24) is 0 Å². The van der Waals surface area contributed by atoms with E-state index >= 15 is 0 Å². The van der Waals surface area contributed by atoms with Gasteiger partial charge in [-0.3, -0.25) is 0 Å². The molecule has 218 valence electrons. The lowest BCUT2D eigenvalue weighted by Crippen LogP contribution is -2.61. The highest BCUT2D eigenvalue weighted by Crippen LogP contribution is 2.50. The summed E-state index contributed by atoms with van der Waals surface area (Å²) in [5.74, 6) is 0. The van der Waals surface area contributed by atoms with E-state index in [0.717, 1.165) is 66.6 Å². The Morgan fingerprint density at radius 2 is 0.894 bits per heavy atom. The molecule has 0 saturated heterocycles. The van der Waals surface area contributed by atoms with Gasteiger partial charge in [-0.1, -0.05) is 97.1 Å². The predicted octanol–water partition coefficient (Wildman–Crippen LogP) is 9.57. The van der Waals surface area contributed by atoms with E-state index < -0.39 is 0 Å². The largest absolute Gasteiger partial charge is 0.454 e. The van der Waals surface area contributed by atoms with Crippen molar-refractivity contribution in [1.29, 1.82) is 0 Å². The van der Waals surface area contributed by atoms with Gasteiger partial charge in [-0.05, 0) is 71.0 Å². The van der Waals surface area contributed by atoms with Crippen molar-refractivity contribution >= 4 is 101 Å². The Hall–Kier alpha value is -6.20. The summed E-state index contributed by atoms with van der Waals surface area (Å²) in [6.45, 7) is 0.0610. The number of para-hydroxylation sites is 5. The second-order valence-corrected chi connectivity index (χ2v) is 12.4. The van der Waals surface area contributed by atoms with Crippen molar-refractivity contribution in [2.24, 2.45) is 0 Å². The summed E-state index contributed by atoms with van der Waals surface area (Å²) < 4.78 is 13.6. The third-order valence-electron chi connectivity index (χ3n) is 10.0. The van der Waals surface area contributed by atoms with E-state index in [1.54, 1.807) is 0 Å². The lowest BCUT2D eigenvalue weighted by atomic mass is 9.33. The van der Waals surface area contributed by atoms with Crippen LogP contribution in [0.4, 0.5) is 34.1 Å². The van der Waals surface area contributed by atoms with Crippen molar-refractivity contribution in [2.45, 2.75) is 0 Å². The second kappa shape index (κ2) is 9.18. The van der Waals surface area contributed by atoms with E-state index in [2.05, 4.69) is 149 Å². The van der Waals surface area contributed by atoms with E-state index in [-0.39, 0.29) is 6.71 Å². The van der Waals surface area contributed by atoms with Crippen LogP contribution in [-0.2, 0) is 0 Å². The highest BCUT2D eigenvalue weighted by atomic mass is 16.3. The van der Waals surface area contributed by atoms with Crippen LogP contribution < -0.4 is 26.2 Å². The molecule has 9 aromatic rings. The zero-order valence-electron chi connectivity index (χ0n) is 25.2. The lowest BCUT2D eigenvalue weighted by molar-refractivity contribution is 0.656. The number of furan rings is 2. The summed E-state index contributed by atoms with van der Waals surface area (Å²) in [6.07, 6.45) is 0. The molecule has 0 atom stereocenters. The summed E-state index contributed by atoms with van der Waals surface area (Å²) in [7, 11) is 0. The highest BCUT2D eigenvalue weighted by Gasteiger charge is 2.44. The molecule has 2 aliphatic heterocycles. The minimum absolute atomic E-state index is 0.0610. The molecule has 0 aliphatic carbocycles. The number of hydrogen-bond acceptors (Lipinski definition) is 4. The first-order chi connectivity index (χ1) is 23.3. The van der Waals surface area contributed by atoms with Crippen LogP contribution in [0.2, 0.25) is 0 Å². The molecule has 0 fully saturated rings. The van der Waals surface area contributed by atoms with Crippen LogP contribution in [0.25, 0.3) is 43.9 Å². The van der Waals surface area contributed by atoms with Gasteiger partial charge in [-0.15, -0.1) is 0 Å². The average molecular weight is 600 g/mol. The van der Waals surface area contributed by atoms with Gasteiger partial charge >= 0.3 is 0 Å². The number of anilines is 6. The SMILES string of the molecule is c1ccc(N2c3ccccc3B3c4ccccc4N(c4c5oc6ccccc6c5cc5c4oc4ccccc45)c4cccc2c43)cc1. The quantitative estimate of drug-likeness (QED) is 0.185. The minimum atomic E-state index is 0.0610. The molecule has 0 amide bonds. The number of fused-ring (bicyclic) bond motifs is 10. The smallest absolute Gasteiger partial charge is 0.252 e. The molecule has 11 rings (SSSR count). The van der Waals surface area contributed by atoms with Crippen LogP contribution in [0.15, 0.2) is 160 Å². The lowest BCUT2D eigenvalue weighted by Gasteiger charge is -2.43. The average Bonchev–Trinajstić information content (AvgIpc) is 3.69. The number of benzene rings is 7. The first-order valence-electron chi connectivity index (χ1n) is 16.1. The topological polar surface area (TPSA) is 32.8 Å². The summed E-state index contributed by atoms with van der Waals surface area (Å²) in [5.41, 5.74) is 13.9. The number of rotatable bonds is 2. The number of nitrogens with zero attached hydrogens (tertiary/aromatic N) is 2. The van der Waals surface area contributed by atoms with Crippen LogP contribution in [0.5, 0.6) is 0 Å². The Balaban J connectivity index is 1.30. The molecule has 0 saturated carbocycles. The fraction of sp³-hybridized carbons (Fsp3) is 0. The molecule has 4 heterocycles. The van der Waals surface area contributed by atoms with E-state index in [1.807, 2.05) is 12.1 Å². The van der Waals surface area contributed by atoms with Gasteiger partial charge in [-0.25, -0.2) is 0 Å². The van der Waals surface area contributed by atoms with Gasteiger partial charge in [0.05, 0.1) is 0 Å². The van der Waals surface area contributed by atoms with Gasteiger partial charge in [-0.2, -0.15) is 0 Å². The third kappa shape index (κ3) is 3.27. The zero-order valence-corrected chi connectivity index (χ0v) is 25.2. The molecule has 7 aromatic carbocycles. The monoisotopic (exact) mass is 600 g/mol. The van der Waals surface area contributed by atoms with E-state index in [0.29, 0.717) is 0 Å². The summed E-state index contributed by atoms with van der Waals surface area (Å²) >= 11 is 0. The van der Waals surface area contributed by atoms with Crippen LogP contribution in [-0.4, -0.2) is 6.71 Å². The van der Waals surface area contributed by atoms with Crippen molar-refractivity contribution in [3.8, 4) is 0 Å². The molecule has 2 aliphatic rings.